The predicted octanol–water partition coefficient (Wildman–Crippen LogP) is 2.47. The zero-order valence-corrected chi connectivity index (χ0v) is 22.9. The molecule has 12 nitrogen and oxygen atoms in total. The Labute approximate surface area is 222 Å². The molecule has 0 radical (unpaired) electrons. The van der Waals surface area contributed by atoms with Gasteiger partial charge in [-0.1, -0.05) is 32.1 Å². The quantitative estimate of drug-likeness (QED) is 0.231. The second-order valence-electron chi connectivity index (χ2n) is 10.1. The molecule has 5 rings (SSSR count). The molecule has 2 aromatic rings. The summed E-state index contributed by atoms with van der Waals surface area (Å²) in [6.45, 7) is 1.50. The first kappa shape index (κ1) is 27.8. The summed E-state index contributed by atoms with van der Waals surface area (Å²) in [5.74, 6) is 1.93. The van der Waals surface area contributed by atoms with E-state index in [1.807, 2.05) is 0 Å². The summed E-state index contributed by atoms with van der Waals surface area (Å²) >= 11 is 6.32. The van der Waals surface area contributed by atoms with E-state index in [1.54, 1.807) is 0 Å². The molecule has 37 heavy (non-hydrogen) atoms. The summed E-state index contributed by atoms with van der Waals surface area (Å²) in [4.78, 5) is 43.4. The van der Waals surface area contributed by atoms with Crippen molar-refractivity contribution in [2.75, 3.05) is 30.5 Å². The van der Waals surface area contributed by atoms with Gasteiger partial charge >= 0.3 is 0 Å². The molecule has 4 heterocycles. The van der Waals surface area contributed by atoms with Crippen LogP contribution in [0.5, 0.6) is 0 Å². The largest absolute Gasteiger partial charge is 0.387 e. The van der Waals surface area contributed by atoms with E-state index in [9.17, 15) is 15.1 Å². The highest BCUT2D eigenvalue weighted by atomic mass is 35.5. The predicted molar refractivity (Wildman–Crippen MR) is 139 cm³/mol. The normalized spacial score (nSPS) is 29.0. The number of nitrogens with zero attached hydrogens (tertiary/aromatic N) is 5. The monoisotopic (exact) mass is 577 g/mol. The number of hydrogen-bond acceptors (Lipinski definition) is 11. The standard InChI is InChI=1S/C22H34ClN5O7P2/c23-22-25-19(27-8-6-14(7-9-27)13-4-2-1-3-5-13)16-20(26-22)28(11-24-16)21-18(30)17(29)15(35-21)10-34-37(33)12-36(31)32/h11,13-15,17-18,21,29-33H,1-10,12H2. The molecule has 2 aromatic heterocycles. The fourth-order valence-electron chi connectivity index (χ4n) is 5.88. The summed E-state index contributed by atoms with van der Waals surface area (Å²) in [7, 11) is -4.39. The first-order valence-electron chi connectivity index (χ1n) is 12.7. The number of hydrogen-bond donors (Lipinski definition) is 5. The van der Waals surface area contributed by atoms with E-state index in [1.165, 1.54) is 43.0 Å². The van der Waals surface area contributed by atoms with Crippen LogP contribution >= 0.6 is 28.4 Å². The van der Waals surface area contributed by atoms with Crippen molar-refractivity contribution in [2.45, 2.75) is 69.5 Å². The van der Waals surface area contributed by atoms with E-state index in [0.717, 1.165) is 37.8 Å². The van der Waals surface area contributed by atoms with Crippen LogP contribution in [-0.4, -0.2) is 88.3 Å². The van der Waals surface area contributed by atoms with Crippen molar-refractivity contribution in [2.24, 2.45) is 11.8 Å². The summed E-state index contributed by atoms with van der Waals surface area (Å²) in [6, 6.07) is 0. The highest BCUT2D eigenvalue weighted by Crippen LogP contribution is 2.45. The molecule has 3 fully saturated rings. The molecular weight excluding hydrogens is 544 g/mol. The van der Waals surface area contributed by atoms with Crippen LogP contribution in [0.1, 0.15) is 51.2 Å². The Bertz CT molecular complexity index is 1050. The van der Waals surface area contributed by atoms with Crippen molar-refractivity contribution >= 4 is 45.3 Å². The number of rotatable bonds is 8. The third kappa shape index (κ3) is 6.19. The molecule has 5 atom stereocenters. The average Bonchev–Trinajstić information content (AvgIpc) is 3.43. The first-order chi connectivity index (χ1) is 17.8. The number of imidazole rings is 1. The van der Waals surface area contributed by atoms with Gasteiger partial charge in [-0.3, -0.25) is 4.57 Å². The number of aromatic nitrogens is 4. The fourth-order valence-corrected chi connectivity index (χ4v) is 7.55. The molecule has 15 heteroatoms. The fraction of sp³-hybridized carbons (Fsp3) is 0.773. The van der Waals surface area contributed by atoms with Gasteiger partial charge in [0.05, 0.1) is 18.8 Å². The summed E-state index contributed by atoms with van der Waals surface area (Å²) < 4.78 is 12.6. The lowest BCUT2D eigenvalue weighted by Crippen LogP contribution is -2.37. The van der Waals surface area contributed by atoms with Crippen LogP contribution in [0, 0.1) is 11.8 Å². The maximum absolute atomic E-state index is 10.7. The van der Waals surface area contributed by atoms with Crippen LogP contribution in [-0.2, 0) is 9.26 Å². The van der Waals surface area contributed by atoms with Gasteiger partial charge in [-0.05, 0) is 36.3 Å². The van der Waals surface area contributed by atoms with Gasteiger partial charge < -0.3 is 39.1 Å². The Morgan fingerprint density at radius 3 is 2.41 bits per heavy atom. The number of ether oxygens (including phenoxy) is 1. The van der Waals surface area contributed by atoms with Gasteiger partial charge in [-0.15, -0.1) is 0 Å². The van der Waals surface area contributed by atoms with Crippen LogP contribution in [0.4, 0.5) is 5.82 Å². The van der Waals surface area contributed by atoms with E-state index in [0.29, 0.717) is 17.0 Å². The first-order valence-corrected chi connectivity index (χ1v) is 15.9. The molecule has 0 spiro atoms. The Balaban J connectivity index is 1.30. The molecule has 0 bridgehead atoms. The minimum Gasteiger partial charge on any atom is -0.387 e. The second-order valence-corrected chi connectivity index (χ2v) is 13.2. The Morgan fingerprint density at radius 2 is 1.70 bits per heavy atom. The number of aliphatic hydroxyl groups excluding tert-OH is 2. The lowest BCUT2D eigenvalue weighted by atomic mass is 9.76. The number of aliphatic hydroxyl groups is 2. The summed E-state index contributed by atoms with van der Waals surface area (Å²) in [5, 5.41) is 21.3. The van der Waals surface area contributed by atoms with Gasteiger partial charge in [0.15, 0.2) is 40.0 Å². The zero-order valence-electron chi connectivity index (χ0n) is 20.4. The number of piperidine rings is 1. The average molecular weight is 578 g/mol. The lowest BCUT2D eigenvalue weighted by molar-refractivity contribution is -0.0471. The van der Waals surface area contributed by atoms with Gasteiger partial charge in [0, 0.05) is 13.1 Å². The van der Waals surface area contributed by atoms with Gasteiger partial charge in [0.1, 0.15) is 18.3 Å². The van der Waals surface area contributed by atoms with E-state index >= 15 is 0 Å². The smallest absolute Gasteiger partial charge is 0.226 e. The zero-order chi connectivity index (χ0) is 26.1. The van der Waals surface area contributed by atoms with E-state index in [-0.39, 0.29) is 17.8 Å². The van der Waals surface area contributed by atoms with Crippen LogP contribution in [0.3, 0.4) is 0 Å². The maximum atomic E-state index is 10.7. The SMILES string of the molecule is OC1C(COP(O)CP(O)O)OC(n2cnc3c(N4CCC(C5CCCCC5)CC4)nc(Cl)nc32)C1O. The minimum atomic E-state index is -2.30. The molecule has 1 saturated carbocycles. The number of anilines is 1. The molecular formula is C22H34ClN5O7P2. The van der Waals surface area contributed by atoms with E-state index < -0.39 is 41.3 Å². The van der Waals surface area contributed by atoms with E-state index in [2.05, 4.69) is 19.9 Å². The molecule has 2 saturated heterocycles. The Morgan fingerprint density at radius 1 is 1.00 bits per heavy atom. The highest BCUT2D eigenvalue weighted by Gasteiger charge is 2.45. The molecule has 0 aromatic carbocycles. The van der Waals surface area contributed by atoms with Gasteiger partial charge in [-0.25, -0.2) is 4.98 Å². The van der Waals surface area contributed by atoms with Crippen LogP contribution in [0.2, 0.25) is 5.28 Å². The molecule has 0 amide bonds. The van der Waals surface area contributed by atoms with Crippen molar-refractivity contribution in [3.05, 3.63) is 11.6 Å². The Hall–Kier alpha value is -0.780. The molecule has 1 aliphatic carbocycles. The van der Waals surface area contributed by atoms with Crippen molar-refractivity contribution in [3.63, 3.8) is 0 Å². The molecule has 5 N–H and O–H groups in total. The van der Waals surface area contributed by atoms with Crippen molar-refractivity contribution < 1.29 is 34.2 Å². The van der Waals surface area contributed by atoms with Crippen LogP contribution in [0.25, 0.3) is 11.2 Å². The minimum absolute atomic E-state index is 0.0574. The van der Waals surface area contributed by atoms with Crippen LogP contribution in [0.15, 0.2) is 6.33 Å². The third-order valence-corrected chi connectivity index (χ3v) is 10.4. The van der Waals surface area contributed by atoms with Gasteiger partial charge in [-0.2, -0.15) is 9.97 Å². The molecule has 3 aliphatic rings. The van der Waals surface area contributed by atoms with Crippen molar-refractivity contribution in [1.82, 2.24) is 19.5 Å². The summed E-state index contributed by atoms with van der Waals surface area (Å²) in [6.07, 6.45) is 5.84. The lowest BCUT2D eigenvalue weighted by Gasteiger charge is -2.38. The molecule has 206 valence electrons. The number of fused-ring (bicyclic) bond motifs is 1. The molecule has 5 unspecified atom stereocenters. The van der Waals surface area contributed by atoms with Crippen molar-refractivity contribution in [3.8, 4) is 0 Å². The topological polar surface area (TPSA) is 166 Å². The van der Waals surface area contributed by atoms with Crippen LogP contribution < -0.4 is 4.90 Å². The molecule has 2 aliphatic heterocycles. The van der Waals surface area contributed by atoms with E-state index in [4.69, 9.17) is 30.6 Å². The summed E-state index contributed by atoms with van der Waals surface area (Å²) in [5.41, 5.74) is 0.932. The second kappa shape index (κ2) is 12.2. The van der Waals surface area contributed by atoms with Gasteiger partial charge in [0.25, 0.3) is 0 Å². The number of halogens is 1. The Kier molecular flexibility index (Phi) is 9.13. The highest BCUT2D eigenvalue weighted by molar-refractivity contribution is 7.63. The maximum Gasteiger partial charge on any atom is 0.226 e. The third-order valence-electron chi connectivity index (χ3n) is 7.78. The van der Waals surface area contributed by atoms with Gasteiger partial charge in [0.2, 0.25) is 5.28 Å². The van der Waals surface area contributed by atoms with Crippen molar-refractivity contribution in [1.29, 1.82) is 0 Å².